The van der Waals surface area contributed by atoms with E-state index >= 15 is 0 Å². The van der Waals surface area contributed by atoms with Crippen LogP contribution in [0.1, 0.15) is 21.9 Å². The van der Waals surface area contributed by atoms with E-state index in [1.165, 1.54) is 0 Å². The van der Waals surface area contributed by atoms with Crippen LogP contribution >= 0.6 is 0 Å². The Bertz CT molecular complexity index is 729. The van der Waals surface area contributed by atoms with Gasteiger partial charge in [0.25, 0.3) is 0 Å². The first kappa shape index (κ1) is 11.5. The second kappa shape index (κ2) is 4.56. The number of aromatic nitrogens is 3. The number of aryl methyl sites for hydroxylation is 1. The van der Waals surface area contributed by atoms with Crippen LogP contribution in [0, 0.1) is 6.92 Å². The van der Waals surface area contributed by atoms with E-state index in [1.54, 1.807) is 13.0 Å². The van der Waals surface area contributed by atoms with Crippen molar-refractivity contribution in [2.45, 2.75) is 13.5 Å². The molecular weight excluding hydrogens is 246 g/mol. The standard InChI is InChI=1S/C13H11N3O3/c1-8-6-9(16-19-8)7-18-13(17)12-10-4-2-3-5-11(10)14-15-12/h2-6H,7H2,1H3,(H,14,15). The molecule has 96 valence electrons. The number of aromatic amines is 1. The van der Waals surface area contributed by atoms with Gasteiger partial charge in [-0.1, -0.05) is 23.4 Å². The largest absolute Gasteiger partial charge is 0.454 e. The zero-order valence-electron chi connectivity index (χ0n) is 10.2. The van der Waals surface area contributed by atoms with E-state index in [0.29, 0.717) is 11.5 Å². The topological polar surface area (TPSA) is 81.0 Å². The summed E-state index contributed by atoms with van der Waals surface area (Å²) in [7, 11) is 0. The number of carbonyl (C=O) groups is 1. The Labute approximate surface area is 108 Å². The van der Waals surface area contributed by atoms with Crippen molar-refractivity contribution in [1.29, 1.82) is 0 Å². The molecule has 0 unspecified atom stereocenters. The number of hydrogen-bond acceptors (Lipinski definition) is 5. The van der Waals surface area contributed by atoms with E-state index < -0.39 is 5.97 Å². The number of nitrogens with one attached hydrogen (secondary N) is 1. The lowest BCUT2D eigenvalue weighted by Crippen LogP contribution is -2.06. The molecule has 1 N–H and O–H groups in total. The maximum Gasteiger partial charge on any atom is 0.359 e. The first-order valence-electron chi connectivity index (χ1n) is 5.76. The third-order valence-electron chi connectivity index (χ3n) is 2.69. The molecule has 0 bridgehead atoms. The van der Waals surface area contributed by atoms with Crippen LogP contribution in [0.25, 0.3) is 10.9 Å². The molecule has 2 heterocycles. The van der Waals surface area contributed by atoms with Crippen molar-refractivity contribution in [3.8, 4) is 0 Å². The molecular formula is C13H11N3O3. The zero-order valence-corrected chi connectivity index (χ0v) is 10.2. The summed E-state index contributed by atoms with van der Waals surface area (Å²) in [6.07, 6.45) is 0. The second-order valence-electron chi connectivity index (χ2n) is 4.12. The molecule has 0 radical (unpaired) electrons. The summed E-state index contributed by atoms with van der Waals surface area (Å²) >= 11 is 0. The minimum Gasteiger partial charge on any atom is -0.454 e. The van der Waals surface area contributed by atoms with Crippen molar-refractivity contribution in [2.75, 3.05) is 0 Å². The third kappa shape index (κ3) is 2.20. The molecule has 0 aliphatic carbocycles. The van der Waals surface area contributed by atoms with Gasteiger partial charge in [-0.15, -0.1) is 0 Å². The number of H-pyrrole nitrogens is 1. The molecule has 3 aromatic rings. The number of carbonyl (C=O) groups excluding carboxylic acids is 1. The Morgan fingerprint density at radius 2 is 2.26 bits per heavy atom. The van der Waals surface area contributed by atoms with Crippen LogP contribution in [0.15, 0.2) is 34.9 Å². The van der Waals surface area contributed by atoms with Gasteiger partial charge < -0.3 is 9.26 Å². The van der Waals surface area contributed by atoms with Crippen molar-refractivity contribution >= 4 is 16.9 Å². The van der Waals surface area contributed by atoms with Gasteiger partial charge in [0.15, 0.2) is 5.69 Å². The highest BCUT2D eigenvalue weighted by Crippen LogP contribution is 2.16. The van der Waals surface area contributed by atoms with E-state index in [9.17, 15) is 4.79 Å². The molecule has 0 aliphatic rings. The molecule has 1 aromatic carbocycles. The first-order valence-corrected chi connectivity index (χ1v) is 5.76. The smallest absolute Gasteiger partial charge is 0.359 e. The predicted molar refractivity (Wildman–Crippen MR) is 66.5 cm³/mol. The van der Waals surface area contributed by atoms with E-state index in [4.69, 9.17) is 9.26 Å². The Kier molecular flexibility index (Phi) is 2.75. The molecule has 19 heavy (non-hydrogen) atoms. The fraction of sp³-hybridized carbons (Fsp3) is 0.154. The van der Waals surface area contributed by atoms with Crippen molar-refractivity contribution < 1.29 is 14.1 Å². The van der Waals surface area contributed by atoms with Crippen LogP contribution in [-0.2, 0) is 11.3 Å². The molecule has 0 atom stereocenters. The summed E-state index contributed by atoms with van der Waals surface area (Å²) in [5, 5.41) is 11.2. The highest BCUT2D eigenvalue weighted by molar-refractivity contribution is 6.01. The highest BCUT2D eigenvalue weighted by Gasteiger charge is 2.15. The third-order valence-corrected chi connectivity index (χ3v) is 2.69. The molecule has 2 aromatic heterocycles. The molecule has 0 saturated carbocycles. The number of para-hydroxylation sites is 1. The molecule has 0 aliphatic heterocycles. The number of benzene rings is 1. The second-order valence-corrected chi connectivity index (χ2v) is 4.12. The Hall–Kier alpha value is -2.63. The van der Waals surface area contributed by atoms with Gasteiger partial charge in [-0.3, -0.25) is 5.10 Å². The van der Waals surface area contributed by atoms with Gasteiger partial charge in [-0.25, -0.2) is 4.79 Å². The monoisotopic (exact) mass is 257 g/mol. The van der Waals surface area contributed by atoms with Crippen LogP contribution < -0.4 is 0 Å². The molecule has 0 amide bonds. The summed E-state index contributed by atoms with van der Waals surface area (Å²) in [6, 6.07) is 9.09. The fourth-order valence-corrected chi connectivity index (χ4v) is 1.81. The summed E-state index contributed by atoms with van der Waals surface area (Å²) in [5.41, 5.74) is 1.65. The summed E-state index contributed by atoms with van der Waals surface area (Å²) in [6.45, 7) is 1.84. The summed E-state index contributed by atoms with van der Waals surface area (Å²) in [4.78, 5) is 11.9. The lowest BCUT2D eigenvalue weighted by molar-refractivity contribution is 0.0459. The lowest BCUT2D eigenvalue weighted by Gasteiger charge is -1.99. The Balaban J connectivity index is 1.77. The van der Waals surface area contributed by atoms with E-state index in [-0.39, 0.29) is 12.3 Å². The van der Waals surface area contributed by atoms with Gasteiger partial charge >= 0.3 is 5.97 Å². The molecule has 0 saturated heterocycles. The van der Waals surface area contributed by atoms with Crippen molar-refractivity contribution in [3.63, 3.8) is 0 Å². The SMILES string of the molecule is Cc1cc(COC(=O)c2n[nH]c3ccccc23)no1. The first-order chi connectivity index (χ1) is 9.24. The van der Waals surface area contributed by atoms with Gasteiger partial charge in [0.05, 0.1) is 5.52 Å². The predicted octanol–water partition coefficient (Wildman–Crippen LogP) is 2.22. The van der Waals surface area contributed by atoms with Gasteiger partial charge in [0.1, 0.15) is 18.1 Å². The summed E-state index contributed by atoms with van der Waals surface area (Å²) < 4.78 is 10.0. The van der Waals surface area contributed by atoms with Crippen LogP contribution in [-0.4, -0.2) is 21.3 Å². The number of rotatable bonds is 3. The van der Waals surface area contributed by atoms with Crippen molar-refractivity contribution in [2.24, 2.45) is 0 Å². The van der Waals surface area contributed by atoms with Crippen molar-refractivity contribution in [1.82, 2.24) is 15.4 Å². The summed E-state index contributed by atoms with van der Waals surface area (Å²) in [5.74, 6) is 0.189. The maximum absolute atomic E-state index is 11.9. The van der Waals surface area contributed by atoms with Gasteiger partial charge in [0, 0.05) is 11.5 Å². The average molecular weight is 257 g/mol. The maximum atomic E-state index is 11.9. The van der Waals surface area contributed by atoms with Crippen molar-refractivity contribution in [3.05, 3.63) is 47.5 Å². The quantitative estimate of drug-likeness (QED) is 0.727. The Morgan fingerprint density at radius 1 is 1.42 bits per heavy atom. The fourth-order valence-electron chi connectivity index (χ4n) is 1.81. The molecule has 3 rings (SSSR count). The average Bonchev–Trinajstić information content (AvgIpc) is 3.02. The number of esters is 1. The van der Waals surface area contributed by atoms with Gasteiger partial charge in [0.2, 0.25) is 0 Å². The number of hydrogen-bond donors (Lipinski definition) is 1. The number of ether oxygens (including phenoxy) is 1. The number of fused-ring (bicyclic) bond motifs is 1. The highest BCUT2D eigenvalue weighted by atomic mass is 16.5. The van der Waals surface area contributed by atoms with E-state index in [2.05, 4.69) is 15.4 Å². The molecule has 6 heteroatoms. The number of nitrogens with zero attached hydrogens (tertiary/aromatic N) is 2. The minimum atomic E-state index is -0.488. The minimum absolute atomic E-state index is 0.0668. The normalized spacial score (nSPS) is 10.8. The lowest BCUT2D eigenvalue weighted by atomic mass is 10.2. The molecule has 0 spiro atoms. The van der Waals surface area contributed by atoms with Crippen LogP contribution in [0.3, 0.4) is 0 Å². The van der Waals surface area contributed by atoms with Crippen LogP contribution in [0.4, 0.5) is 0 Å². The molecule has 6 nitrogen and oxygen atoms in total. The van der Waals surface area contributed by atoms with E-state index in [1.807, 2.05) is 24.3 Å². The van der Waals surface area contributed by atoms with Gasteiger partial charge in [-0.05, 0) is 13.0 Å². The van der Waals surface area contributed by atoms with Crippen LogP contribution in [0.5, 0.6) is 0 Å². The van der Waals surface area contributed by atoms with Gasteiger partial charge in [-0.2, -0.15) is 5.10 Å². The Morgan fingerprint density at radius 3 is 3.05 bits per heavy atom. The van der Waals surface area contributed by atoms with Crippen LogP contribution in [0.2, 0.25) is 0 Å². The molecule has 0 fully saturated rings. The zero-order chi connectivity index (χ0) is 13.2. The van der Waals surface area contributed by atoms with E-state index in [0.717, 1.165) is 10.9 Å².